The van der Waals surface area contributed by atoms with Crippen molar-refractivity contribution in [3.05, 3.63) is 0 Å². The molecule has 5 nitrogen and oxygen atoms in total. The van der Waals surface area contributed by atoms with E-state index in [1.54, 1.807) is 0 Å². The summed E-state index contributed by atoms with van der Waals surface area (Å²) in [6.45, 7) is 6.56. The molecule has 0 aromatic rings. The van der Waals surface area contributed by atoms with Gasteiger partial charge >= 0.3 is 5.97 Å². The van der Waals surface area contributed by atoms with E-state index in [2.05, 4.69) is 24.1 Å². The van der Waals surface area contributed by atoms with Gasteiger partial charge in [0.15, 0.2) is 0 Å². The Morgan fingerprint density at radius 1 is 1.21 bits per heavy atom. The Hall–Kier alpha value is -1.10. The minimum absolute atomic E-state index is 0.0438. The minimum atomic E-state index is -0.814. The number of hydrogen-bond donors (Lipinski definition) is 2. The molecule has 0 aliphatic carbocycles. The fourth-order valence-corrected chi connectivity index (χ4v) is 2.64. The van der Waals surface area contributed by atoms with Gasteiger partial charge in [-0.05, 0) is 38.3 Å². The lowest BCUT2D eigenvalue weighted by molar-refractivity contribution is -0.137. The average Bonchev–Trinajstić information content (AvgIpc) is 2.35. The molecule has 1 atom stereocenters. The summed E-state index contributed by atoms with van der Waals surface area (Å²) < 4.78 is 0. The highest BCUT2D eigenvalue weighted by molar-refractivity contribution is 5.82. The third-order valence-electron chi connectivity index (χ3n) is 3.55. The van der Waals surface area contributed by atoms with Crippen LogP contribution >= 0.6 is 0 Å². The fraction of sp³-hybridized carbons (Fsp3) is 0.857. The molecule has 0 radical (unpaired) electrons. The van der Waals surface area contributed by atoms with Crippen LogP contribution in [0.4, 0.5) is 0 Å². The molecule has 1 aliphatic heterocycles. The lowest BCUT2D eigenvalue weighted by atomic mass is 9.98. The highest BCUT2D eigenvalue weighted by Crippen LogP contribution is 2.17. The molecule has 0 spiro atoms. The predicted molar refractivity (Wildman–Crippen MR) is 73.9 cm³/mol. The largest absolute Gasteiger partial charge is 0.481 e. The van der Waals surface area contributed by atoms with Crippen molar-refractivity contribution in [1.82, 2.24) is 10.2 Å². The van der Waals surface area contributed by atoms with E-state index in [1.807, 2.05) is 0 Å². The summed E-state index contributed by atoms with van der Waals surface area (Å²) in [5.74, 6) is -0.495. The first kappa shape index (κ1) is 16.0. The Bertz CT molecular complexity index is 299. The first-order valence-electron chi connectivity index (χ1n) is 7.26. The van der Waals surface area contributed by atoms with Gasteiger partial charge in [-0.25, -0.2) is 0 Å². The molecule has 0 saturated carbocycles. The van der Waals surface area contributed by atoms with Gasteiger partial charge in [0, 0.05) is 13.0 Å². The molecule has 1 rings (SSSR count). The molecule has 0 aromatic heterocycles. The van der Waals surface area contributed by atoms with Crippen LogP contribution in [0, 0.1) is 5.92 Å². The van der Waals surface area contributed by atoms with Gasteiger partial charge in [-0.2, -0.15) is 0 Å². The van der Waals surface area contributed by atoms with Crippen molar-refractivity contribution in [2.45, 2.75) is 52.0 Å². The Labute approximate surface area is 115 Å². The van der Waals surface area contributed by atoms with E-state index in [1.165, 1.54) is 6.42 Å². The molecule has 19 heavy (non-hydrogen) atoms. The van der Waals surface area contributed by atoms with Crippen molar-refractivity contribution in [2.24, 2.45) is 5.92 Å². The van der Waals surface area contributed by atoms with Crippen molar-refractivity contribution in [3.8, 4) is 0 Å². The van der Waals surface area contributed by atoms with E-state index in [0.29, 0.717) is 13.0 Å². The number of aliphatic carboxylic acids is 1. The number of rotatable bonds is 7. The summed E-state index contributed by atoms with van der Waals surface area (Å²) in [7, 11) is 0. The van der Waals surface area contributed by atoms with Gasteiger partial charge in [-0.15, -0.1) is 0 Å². The first-order chi connectivity index (χ1) is 9.02. The summed E-state index contributed by atoms with van der Waals surface area (Å²) in [4.78, 5) is 24.9. The van der Waals surface area contributed by atoms with Gasteiger partial charge < -0.3 is 10.4 Å². The summed E-state index contributed by atoms with van der Waals surface area (Å²) in [5, 5.41) is 11.4. The molecule has 1 aliphatic rings. The normalized spacial score (nSPS) is 18.3. The van der Waals surface area contributed by atoms with Crippen LogP contribution in [0.5, 0.6) is 0 Å². The predicted octanol–water partition coefficient (Wildman–Crippen LogP) is 1.48. The van der Waals surface area contributed by atoms with Crippen LogP contribution < -0.4 is 5.32 Å². The molecule has 1 unspecified atom stereocenters. The van der Waals surface area contributed by atoms with Crippen molar-refractivity contribution in [3.63, 3.8) is 0 Å². The van der Waals surface area contributed by atoms with Crippen LogP contribution in [0.3, 0.4) is 0 Å². The second-order valence-corrected chi connectivity index (χ2v) is 5.57. The monoisotopic (exact) mass is 270 g/mol. The van der Waals surface area contributed by atoms with E-state index in [4.69, 9.17) is 5.11 Å². The van der Waals surface area contributed by atoms with Gasteiger partial charge in [0.25, 0.3) is 0 Å². The van der Waals surface area contributed by atoms with Gasteiger partial charge in [0.05, 0.1) is 6.04 Å². The number of carbonyl (C=O) groups is 2. The maximum atomic E-state index is 12.2. The molecule has 1 saturated heterocycles. The van der Waals surface area contributed by atoms with E-state index >= 15 is 0 Å². The number of likely N-dealkylation sites (tertiary alicyclic amines) is 1. The number of hydrogen-bond acceptors (Lipinski definition) is 3. The molecule has 2 N–H and O–H groups in total. The zero-order valence-corrected chi connectivity index (χ0v) is 12.0. The molecular formula is C14H26N2O3. The maximum absolute atomic E-state index is 12.2. The van der Waals surface area contributed by atoms with Gasteiger partial charge in [0.2, 0.25) is 5.91 Å². The molecule has 1 amide bonds. The van der Waals surface area contributed by atoms with E-state index < -0.39 is 5.97 Å². The number of piperidine rings is 1. The second-order valence-electron chi connectivity index (χ2n) is 5.57. The topological polar surface area (TPSA) is 69.6 Å². The second kappa shape index (κ2) is 8.15. The summed E-state index contributed by atoms with van der Waals surface area (Å²) in [6.07, 6.45) is 4.18. The zero-order valence-electron chi connectivity index (χ0n) is 12.0. The maximum Gasteiger partial charge on any atom is 0.303 e. The van der Waals surface area contributed by atoms with E-state index in [-0.39, 0.29) is 24.3 Å². The van der Waals surface area contributed by atoms with Crippen LogP contribution in [0.1, 0.15) is 46.0 Å². The molecule has 5 heteroatoms. The van der Waals surface area contributed by atoms with Crippen molar-refractivity contribution < 1.29 is 14.7 Å². The standard InChI is InChI=1S/C14H26N2O3/c1-11(2)13(16-9-4-3-5-10-16)14(19)15-8-6-7-12(17)18/h11,13H,3-10H2,1-2H3,(H,15,19)(H,17,18). The average molecular weight is 270 g/mol. The number of carboxylic acid groups (broad SMARTS) is 1. The molecule has 1 fully saturated rings. The van der Waals surface area contributed by atoms with Crippen LogP contribution in [0.25, 0.3) is 0 Å². The fourth-order valence-electron chi connectivity index (χ4n) is 2.64. The Morgan fingerprint density at radius 2 is 1.84 bits per heavy atom. The zero-order chi connectivity index (χ0) is 14.3. The van der Waals surface area contributed by atoms with Crippen molar-refractivity contribution in [1.29, 1.82) is 0 Å². The molecule has 0 bridgehead atoms. The lowest BCUT2D eigenvalue weighted by Gasteiger charge is -2.35. The van der Waals surface area contributed by atoms with E-state index in [0.717, 1.165) is 25.9 Å². The first-order valence-corrected chi connectivity index (χ1v) is 7.26. The molecule has 1 heterocycles. The van der Waals surface area contributed by atoms with Gasteiger partial charge in [0.1, 0.15) is 0 Å². The van der Waals surface area contributed by atoms with E-state index in [9.17, 15) is 9.59 Å². The highest BCUT2D eigenvalue weighted by atomic mass is 16.4. The summed E-state index contributed by atoms with van der Waals surface area (Å²) in [6, 6.07) is -0.0786. The van der Waals surface area contributed by atoms with Crippen LogP contribution in [0.15, 0.2) is 0 Å². The van der Waals surface area contributed by atoms with Crippen LogP contribution in [-0.2, 0) is 9.59 Å². The third-order valence-corrected chi connectivity index (χ3v) is 3.55. The number of amides is 1. The Kier molecular flexibility index (Phi) is 6.84. The van der Waals surface area contributed by atoms with Crippen molar-refractivity contribution in [2.75, 3.05) is 19.6 Å². The molecule has 0 aromatic carbocycles. The number of carboxylic acids is 1. The highest BCUT2D eigenvalue weighted by Gasteiger charge is 2.29. The number of nitrogens with zero attached hydrogens (tertiary/aromatic N) is 1. The smallest absolute Gasteiger partial charge is 0.303 e. The molecule has 110 valence electrons. The van der Waals surface area contributed by atoms with Gasteiger partial charge in [-0.1, -0.05) is 20.3 Å². The quantitative estimate of drug-likeness (QED) is 0.687. The van der Waals surface area contributed by atoms with Crippen molar-refractivity contribution >= 4 is 11.9 Å². The van der Waals surface area contributed by atoms with Crippen LogP contribution in [0.2, 0.25) is 0 Å². The summed E-state index contributed by atoms with van der Waals surface area (Å²) >= 11 is 0. The summed E-state index contributed by atoms with van der Waals surface area (Å²) in [5.41, 5.74) is 0. The Morgan fingerprint density at radius 3 is 2.37 bits per heavy atom. The third kappa shape index (κ3) is 5.59. The van der Waals surface area contributed by atoms with Crippen LogP contribution in [-0.4, -0.2) is 47.6 Å². The SMILES string of the molecule is CC(C)C(C(=O)NCCCC(=O)O)N1CCCCC1. The lowest BCUT2D eigenvalue weighted by Crippen LogP contribution is -2.51. The number of nitrogens with one attached hydrogen (secondary N) is 1. The van der Waals surface area contributed by atoms with Gasteiger partial charge in [-0.3, -0.25) is 14.5 Å². The Balaban J connectivity index is 2.41. The minimum Gasteiger partial charge on any atom is -0.481 e. The number of carbonyl (C=O) groups excluding carboxylic acids is 1. The molecular weight excluding hydrogens is 244 g/mol.